The number of rotatable bonds is 2. The third-order valence-corrected chi connectivity index (χ3v) is 5.34. The zero-order valence-corrected chi connectivity index (χ0v) is 14.5. The van der Waals surface area contributed by atoms with Crippen molar-refractivity contribution < 1.29 is 13.7 Å². The molecule has 25 heavy (non-hydrogen) atoms. The summed E-state index contributed by atoms with van der Waals surface area (Å²) in [7, 11) is 0. The van der Waals surface area contributed by atoms with Crippen LogP contribution >= 0.6 is 11.3 Å². The smallest absolute Gasteiger partial charge is 0.323 e. The molecule has 1 aliphatic heterocycles. The highest BCUT2D eigenvalue weighted by atomic mass is 32.1. The number of carbonyl (C=O) groups is 1. The summed E-state index contributed by atoms with van der Waals surface area (Å²) in [5.74, 6) is -0.137. The first-order valence-corrected chi connectivity index (χ1v) is 9.01. The molecule has 8 heteroatoms. The molecule has 3 heterocycles. The molecule has 2 aromatic heterocycles. The van der Waals surface area contributed by atoms with Crippen molar-refractivity contribution in [2.45, 2.75) is 25.7 Å². The van der Waals surface area contributed by atoms with Gasteiger partial charge in [0.05, 0.1) is 11.4 Å². The molecule has 2 amide bonds. The number of amides is 2. The van der Waals surface area contributed by atoms with Gasteiger partial charge in [-0.25, -0.2) is 14.2 Å². The number of fused-ring (bicyclic) bond motifs is 1. The Balaban J connectivity index is 1.42. The van der Waals surface area contributed by atoms with Crippen molar-refractivity contribution in [3.05, 3.63) is 40.8 Å². The van der Waals surface area contributed by atoms with E-state index in [-0.39, 0.29) is 17.8 Å². The Morgan fingerprint density at radius 1 is 1.40 bits per heavy atom. The van der Waals surface area contributed by atoms with Crippen LogP contribution < -0.4 is 5.32 Å². The van der Waals surface area contributed by atoms with Crippen LogP contribution in [0.4, 0.5) is 14.3 Å². The summed E-state index contributed by atoms with van der Waals surface area (Å²) < 4.78 is 18.8. The van der Waals surface area contributed by atoms with Crippen LogP contribution in [0.2, 0.25) is 0 Å². The zero-order chi connectivity index (χ0) is 17.4. The number of piperidine rings is 1. The molecule has 4 rings (SSSR count). The quantitative estimate of drug-likeness (QED) is 0.745. The molecule has 0 radical (unpaired) electrons. The Kier molecular flexibility index (Phi) is 4.12. The molecular weight excluding hydrogens is 343 g/mol. The van der Waals surface area contributed by atoms with E-state index in [1.807, 2.05) is 12.3 Å². The Labute approximate surface area is 147 Å². The molecule has 1 fully saturated rings. The Morgan fingerprint density at radius 3 is 2.92 bits per heavy atom. The summed E-state index contributed by atoms with van der Waals surface area (Å²) in [6.07, 6.45) is 1.53. The maximum Gasteiger partial charge on any atom is 0.323 e. The molecular formula is C17H17FN4O2S. The van der Waals surface area contributed by atoms with Crippen LogP contribution in [0.25, 0.3) is 11.0 Å². The van der Waals surface area contributed by atoms with E-state index in [4.69, 9.17) is 4.52 Å². The van der Waals surface area contributed by atoms with E-state index in [1.54, 1.807) is 11.0 Å². The standard InChI is InChI=1S/C17H17FN4O2S/c1-10-9-25-16(19-10)20-17(23)22-6-4-11(5-7-22)15-13-8-12(18)2-3-14(13)24-21-15/h2-3,8-9,11H,4-7H2,1H3,(H,19,20,23). The molecule has 1 aromatic carbocycles. The van der Waals surface area contributed by atoms with Crippen LogP contribution in [0.3, 0.4) is 0 Å². The fourth-order valence-corrected chi connectivity index (χ4v) is 3.84. The molecule has 0 bridgehead atoms. The van der Waals surface area contributed by atoms with E-state index in [0.717, 1.165) is 29.6 Å². The molecule has 0 aliphatic carbocycles. The van der Waals surface area contributed by atoms with Crippen LogP contribution in [0.1, 0.15) is 30.1 Å². The van der Waals surface area contributed by atoms with Gasteiger partial charge in [-0.05, 0) is 38.0 Å². The lowest BCUT2D eigenvalue weighted by atomic mass is 9.92. The van der Waals surface area contributed by atoms with Crippen LogP contribution in [0, 0.1) is 12.7 Å². The second-order valence-corrected chi connectivity index (χ2v) is 7.05. The highest BCUT2D eigenvalue weighted by Crippen LogP contribution is 2.33. The van der Waals surface area contributed by atoms with Gasteiger partial charge in [-0.3, -0.25) is 5.32 Å². The normalized spacial score (nSPS) is 15.7. The van der Waals surface area contributed by atoms with Crippen molar-refractivity contribution in [1.82, 2.24) is 15.0 Å². The van der Waals surface area contributed by atoms with E-state index in [0.29, 0.717) is 23.8 Å². The average Bonchev–Trinajstić information content (AvgIpc) is 3.20. The number of benzene rings is 1. The van der Waals surface area contributed by atoms with Crippen molar-refractivity contribution in [3.63, 3.8) is 0 Å². The van der Waals surface area contributed by atoms with Crippen LogP contribution in [0.5, 0.6) is 0 Å². The van der Waals surface area contributed by atoms with Gasteiger partial charge in [0.15, 0.2) is 10.7 Å². The number of urea groups is 1. The summed E-state index contributed by atoms with van der Waals surface area (Å²) in [6, 6.07) is 4.29. The summed E-state index contributed by atoms with van der Waals surface area (Å²) in [4.78, 5) is 18.3. The first kappa shape index (κ1) is 16.0. The molecule has 1 N–H and O–H groups in total. The highest BCUT2D eigenvalue weighted by molar-refractivity contribution is 7.13. The van der Waals surface area contributed by atoms with Crippen molar-refractivity contribution in [2.75, 3.05) is 18.4 Å². The van der Waals surface area contributed by atoms with Crippen LogP contribution in [-0.4, -0.2) is 34.2 Å². The maximum atomic E-state index is 13.5. The predicted molar refractivity (Wildman–Crippen MR) is 93.4 cm³/mol. The lowest BCUT2D eigenvalue weighted by molar-refractivity contribution is 0.193. The van der Waals surface area contributed by atoms with Gasteiger partial charge < -0.3 is 9.42 Å². The molecule has 130 valence electrons. The van der Waals surface area contributed by atoms with E-state index < -0.39 is 0 Å². The topological polar surface area (TPSA) is 71.3 Å². The number of hydrogen-bond donors (Lipinski definition) is 1. The van der Waals surface area contributed by atoms with Crippen LogP contribution in [0.15, 0.2) is 28.1 Å². The average molecular weight is 360 g/mol. The first-order chi connectivity index (χ1) is 12.1. The minimum absolute atomic E-state index is 0.135. The second kappa shape index (κ2) is 6.44. The number of nitrogens with zero attached hydrogens (tertiary/aromatic N) is 3. The van der Waals surface area contributed by atoms with Gasteiger partial charge in [0.25, 0.3) is 0 Å². The molecule has 6 nitrogen and oxygen atoms in total. The minimum atomic E-state index is -0.299. The van der Waals surface area contributed by atoms with Crippen molar-refractivity contribution in [1.29, 1.82) is 0 Å². The highest BCUT2D eigenvalue weighted by Gasteiger charge is 2.27. The number of thiazole rings is 1. The number of anilines is 1. The minimum Gasteiger partial charge on any atom is -0.356 e. The van der Waals surface area contributed by atoms with Crippen molar-refractivity contribution >= 4 is 33.5 Å². The fourth-order valence-electron chi connectivity index (χ4n) is 3.16. The Morgan fingerprint density at radius 2 is 2.20 bits per heavy atom. The predicted octanol–water partition coefficient (Wildman–Crippen LogP) is 4.14. The zero-order valence-electron chi connectivity index (χ0n) is 13.7. The third kappa shape index (κ3) is 3.21. The van der Waals surface area contributed by atoms with E-state index in [2.05, 4.69) is 15.5 Å². The maximum absolute atomic E-state index is 13.5. The van der Waals surface area contributed by atoms with Crippen LogP contribution in [-0.2, 0) is 0 Å². The summed E-state index contributed by atoms with van der Waals surface area (Å²) in [5.41, 5.74) is 2.27. The molecule has 0 saturated carbocycles. The number of carbonyl (C=O) groups excluding carboxylic acids is 1. The molecule has 1 aliphatic rings. The molecule has 3 aromatic rings. The van der Waals surface area contributed by atoms with E-state index in [1.165, 1.54) is 23.5 Å². The fraction of sp³-hybridized carbons (Fsp3) is 0.353. The van der Waals surface area contributed by atoms with Gasteiger partial charge in [-0.1, -0.05) is 5.16 Å². The molecule has 0 unspecified atom stereocenters. The largest absolute Gasteiger partial charge is 0.356 e. The lowest BCUT2D eigenvalue weighted by Crippen LogP contribution is -2.40. The molecule has 0 spiro atoms. The Hall–Kier alpha value is -2.48. The number of aryl methyl sites for hydroxylation is 1. The SMILES string of the molecule is Cc1csc(NC(=O)N2CCC(c3noc4ccc(F)cc34)CC2)n1. The monoisotopic (exact) mass is 360 g/mol. The second-order valence-electron chi connectivity index (χ2n) is 6.19. The first-order valence-electron chi connectivity index (χ1n) is 8.13. The van der Waals surface area contributed by atoms with E-state index in [9.17, 15) is 9.18 Å². The summed E-state index contributed by atoms with van der Waals surface area (Å²) >= 11 is 1.42. The van der Waals surface area contributed by atoms with Crippen molar-refractivity contribution in [3.8, 4) is 0 Å². The van der Waals surface area contributed by atoms with Crippen molar-refractivity contribution in [2.24, 2.45) is 0 Å². The number of likely N-dealkylation sites (tertiary alicyclic amines) is 1. The number of hydrogen-bond acceptors (Lipinski definition) is 5. The molecule has 1 saturated heterocycles. The Bertz CT molecular complexity index is 914. The number of halogens is 1. The van der Waals surface area contributed by atoms with Gasteiger partial charge in [0, 0.05) is 29.8 Å². The van der Waals surface area contributed by atoms with Gasteiger partial charge >= 0.3 is 6.03 Å². The summed E-state index contributed by atoms with van der Waals surface area (Å²) in [5, 5.41) is 10.2. The van der Waals surface area contributed by atoms with Gasteiger partial charge in [0.2, 0.25) is 0 Å². The van der Waals surface area contributed by atoms with E-state index >= 15 is 0 Å². The van der Waals surface area contributed by atoms with Gasteiger partial charge in [-0.15, -0.1) is 11.3 Å². The van der Waals surface area contributed by atoms with Gasteiger partial charge in [0.1, 0.15) is 5.82 Å². The third-order valence-electron chi connectivity index (χ3n) is 4.46. The van der Waals surface area contributed by atoms with Gasteiger partial charge in [-0.2, -0.15) is 0 Å². The number of nitrogens with one attached hydrogen (secondary N) is 1. The number of aromatic nitrogens is 2. The lowest BCUT2D eigenvalue weighted by Gasteiger charge is -2.30. The molecule has 0 atom stereocenters. The summed E-state index contributed by atoms with van der Waals surface area (Å²) in [6.45, 7) is 3.12.